The first kappa shape index (κ1) is 20.5. The average Bonchev–Trinajstić information content (AvgIpc) is 2.77. The number of piperidine rings is 1. The summed E-state index contributed by atoms with van der Waals surface area (Å²) >= 11 is 0. The molecular formula is C22H22FN5O3. The zero-order chi connectivity index (χ0) is 21.8. The summed E-state index contributed by atoms with van der Waals surface area (Å²) in [7, 11) is 0. The first-order valence-electron chi connectivity index (χ1n) is 10.0. The number of anilines is 1. The number of halogens is 1. The molecule has 1 aliphatic rings. The van der Waals surface area contributed by atoms with Crippen LogP contribution in [0.2, 0.25) is 0 Å². The van der Waals surface area contributed by atoms with Crippen molar-refractivity contribution in [2.45, 2.75) is 25.4 Å². The Kier molecular flexibility index (Phi) is 5.92. The summed E-state index contributed by atoms with van der Waals surface area (Å²) in [6, 6.07) is 12.6. The Labute approximate surface area is 177 Å². The van der Waals surface area contributed by atoms with Crippen molar-refractivity contribution in [3.05, 3.63) is 71.0 Å². The van der Waals surface area contributed by atoms with Gasteiger partial charge < -0.3 is 15.5 Å². The molecule has 1 aromatic heterocycles. The molecule has 0 radical (unpaired) electrons. The molecule has 2 aromatic carbocycles. The van der Waals surface area contributed by atoms with Gasteiger partial charge in [0.15, 0.2) is 0 Å². The van der Waals surface area contributed by atoms with Crippen molar-refractivity contribution in [3.63, 3.8) is 0 Å². The molecule has 1 saturated heterocycles. The van der Waals surface area contributed by atoms with Crippen LogP contribution >= 0.6 is 0 Å². The highest BCUT2D eigenvalue weighted by atomic mass is 19.1. The zero-order valence-corrected chi connectivity index (χ0v) is 16.8. The Bertz CT molecular complexity index is 1160. The van der Waals surface area contributed by atoms with E-state index in [0.717, 1.165) is 6.07 Å². The Balaban J connectivity index is 1.31. The van der Waals surface area contributed by atoms with Gasteiger partial charge in [-0.3, -0.25) is 14.2 Å². The van der Waals surface area contributed by atoms with Crippen LogP contribution in [0.3, 0.4) is 0 Å². The molecule has 0 spiro atoms. The lowest BCUT2D eigenvalue weighted by molar-refractivity contribution is -0.133. The number of aromatic nitrogens is 2. The largest absolute Gasteiger partial charge is 0.341 e. The van der Waals surface area contributed by atoms with Crippen LogP contribution in [0.1, 0.15) is 12.8 Å². The van der Waals surface area contributed by atoms with Gasteiger partial charge in [0, 0.05) is 24.8 Å². The Hall–Kier alpha value is -3.75. The van der Waals surface area contributed by atoms with E-state index in [1.54, 1.807) is 17.0 Å². The van der Waals surface area contributed by atoms with Crippen LogP contribution in [0.4, 0.5) is 14.9 Å². The summed E-state index contributed by atoms with van der Waals surface area (Å²) in [5.74, 6) is -0.742. The molecule has 0 unspecified atom stereocenters. The first-order valence-corrected chi connectivity index (χ1v) is 10.0. The number of nitrogens with zero attached hydrogens (tertiary/aromatic N) is 3. The molecule has 9 heteroatoms. The van der Waals surface area contributed by atoms with E-state index in [1.807, 2.05) is 18.2 Å². The number of carbonyl (C=O) groups is 2. The predicted molar refractivity (Wildman–Crippen MR) is 114 cm³/mol. The summed E-state index contributed by atoms with van der Waals surface area (Å²) in [6.45, 7) is 0.782. The van der Waals surface area contributed by atoms with Crippen molar-refractivity contribution in [2.24, 2.45) is 0 Å². The number of carbonyl (C=O) groups excluding carboxylic acids is 2. The minimum atomic E-state index is -0.527. The topological polar surface area (TPSA) is 96.3 Å². The van der Waals surface area contributed by atoms with E-state index in [4.69, 9.17) is 0 Å². The lowest BCUT2D eigenvalue weighted by Gasteiger charge is -2.32. The maximum absolute atomic E-state index is 13.5. The standard InChI is InChI=1S/C22H22FN5O3/c23-15-6-7-19-18(12-15)21(30)28(14-24-19)13-20(29)27-10-8-17(9-11-27)26-22(31)25-16-4-2-1-3-5-16/h1-7,12,14,17H,8-11,13H2,(H2,25,26,31). The third-order valence-corrected chi connectivity index (χ3v) is 5.31. The van der Waals surface area contributed by atoms with Crippen LogP contribution in [0.25, 0.3) is 10.9 Å². The fourth-order valence-corrected chi connectivity index (χ4v) is 3.64. The van der Waals surface area contributed by atoms with Gasteiger partial charge in [0.2, 0.25) is 5.91 Å². The van der Waals surface area contributed by atoms with Gasteiger partial charge in [-0.2, -0.15) is 0 Å². The van der Waals surface area contributed by atoms with Crippen molar-refractivity contribution < 1.29 is 14.0 Å². The zero-order valence-electron chi connectivity index (χ0n) is 16.8. The fourth-order valence-electron chi connectivity index (χ4n) is 3.64. The van der Waals surface area contributed by atoms with Crippen molar-refractivity contribution in [1.29, 1.82) is 0 Å². The van der Waals surface area contributed by atoms with Gasteiger partial charge in [-0.1, -0.05) is 18.2 Å². The molecule has 0 saturated carbocycles. The number of para-hydroxylation sites is 1. The molecule has 3 amide bonds. The van der Waals surface area contributed by atoms with E-state index in [0.29, 0.717) is 37.1 Å². The van der Waals surface area contributed by atoms with Gasteiger partial charge in [-0.25, -0.2) is 14.2 Å². The van der Waals surface area contributed by atoms with E-state index >= 15 is 0 Å². The van der Waals surface area contributed by atoms with Gasteiger partial charge in [0.1, 0.15) is 12.4 Å². The molecule has 1 fully saturated rings. The summed E-state index contributed by atoms with van der Waals surface area (Å²) in [5, 5.41) is 5.84. The number of amides is 3. The predicted octanol–water partition coefficient (Wildman–Crippen LogP) is 2.35. The van der Waals surface area contributed by atoms with Crippen molar-refractivity contribution in [1.82, 2.24) is 19.8 Å². The summed E-state index contributed by atoms with van der Waals surface area (Å²) in [5.41, 5.74) is 0.643. The van der Waals surface area contributed by atoms with Crippen molar-refractivity contribution in [3.8, 4) is 0 Å². The smallest absolute Gasteiger partial charge is 0.319 e. The maximum Gasteiger partial charge on any atom is 0.319 e. The van der Waals surface area contributed by atoms with E-state index in [2.05, 4.69) is 15.6 Å². The Morgan fingerprint density at radius 1 is 1.10 bits per heavy atom. The highest BCUT2D eigenvalue weighted by molar-refractivity contribution is 5.89. The maximum atomic E-state index is 13.5. The van der Waals surface area contributed by atoms with Gasteiger partial charge in [0.25, 0.3) is 5.56 Å². The van der Waals surface area contributed by atoms with E-state index < -0.39 is 11.4 Å². The summed E-state index contributed by atoms with van der Waals surface area (Å²) < 4.78 is 14.7. The molecule has 0 atom stereocenters. The van der Waals surface area contributed by atoms with Crippen LogP contribution in [-0.4, -0.2) is 45.5 Å². The van der Waals surface area contributed by atoms with E-state index in [-0.39, 0.29) is 29.9 Å². The molecule has 2 N–H and O–H groups in total. The molecule has 1 aliphatic heterocycles. The van der Waals surface area contributed by atoms with Crippen LogP contribution in [0, 0.1) is 5.82 Å². The number of benzene rings is 2. The van der Waals surface area contributed by atoms with Crippen molar-refractivity contribution >= 4 is 28.5 Å². The molecule has 2 heterocycles. The first-order chi connectivity index (χ1) is 15.0. The van der Waals surface area contributed by atoms with Gasteiger partial charge in [-0.15, -0.1) is 0 Å². The average molecular weight is 423 g/mol. The quantitative estimate of drug-likeness (QED) is 0.673. The molecule has 31 heavy (non-hydrogen) atoms. The number of fused-ring (bicyclic) bond motifs is 1. The van der Waals surface area contributed by atoms with E-state index in [9.17, 15) is 18.8 Å². The third-order valence-electron chi connectivity index (χ3n) is 5.31. The SMILES string of the molecule is O=C(Nc1ccccc1)NC1CCN(C(=O)Cn2cnc3ccc(F)cc3c2=O)CC1. The molecule has 3 aromatic rings. The molecule has 8 nitrogen and oxygen atoms in total. The van der Waals surface area contributed by atoms with E-state index in [1.165, 1.54) is 23.0 Å². The van der Waals surface area contributed by atoms with Crippen LogP contribution in [0.15, 0.2) is 59.7 Å². The third kappa shape index (κ3) is 4.88. The fraction of sp³-hybridized carbons (Fsp3) is 0.273. The molecule has 160 valence electrons. The lowest BCUT2D eigenvalue weighted by Crippen LogP contribution is -2.48. The molecule has 4 rings (SSSR count). The Morgan fingerprint density at radius 3 is 2.58 bits per heavy atom. The van der Waals surface area contributed by atoms with Gasteiger partial charge in [0.05, 0.1) is 17.2 Å². The monoisotopic (exact) mass is 423 g/mol. The number of rotatable bonds is 4. The number of hydrogen-bond donors (Lipinski definition) is 2. The number of nitrogens with one attached hydrogen (secondary N) is 2. The second-order valence-electron chi connectivity index (χ2n) is 7.46. The normalized spacial score (nSPS) is 14.4. The minimum Gasteiger partial charge on any atom is -0.341 e. The molecule has 0 aliphatic carbocycles. The van der Waals surface area contributed by atoms with Crippen LogP contribution < -0.4 is 16.2 Å². The van der Waals surface area contributed by atoms with Crippen molar-refractivity contribution in [2.75, 3.05) is 18.4 Å². The van der Waals surface area contributed by atoms with Crippen LogP contribution in [-0.2, 0) is 11.3 Å². The highest BCUT2D eigenvalue weighted by Gasteiger charge is 2.24. The molecular weight excluding hydrogens is 401 g/mol. The van der Waals surface area contributed by atoms with Crippen LogP contribution in [0.5, 0.6) is 0 Å². The number of hydrogen-bond acceptors (Lipinski definition) is 4. The summed E-state index contributed by atoms with van der Waals surface area (Å²) in [6.07, 6.45) is 2.54. The lowest BCUT2D eigenvalue weighted by atomic mass is 10.1. The minimum absolute atomic E-state index is 0.0409. The second kappa shape index (κ2) is 8.95. The van der Waals surface area contributed by atoms with Gasteiger partial charge >= 0.3 is 6.03 Å². The number of likely N-dealkylation sites (tertiary alicyclic amines) is 1. The van der Waals surface area contributed by atoms with Gasteiger partial charge in [-0.05, 0) is 43.2 Å². The number of urea groups is 1. The summed E-state index contributed by atoms with van der Waals surface area (Å²) in [4.78, 5) is 43.1. The Morgan fingerprint density at radius 2 is 1.84 bits per heavy atom. The molecule has 0 bridgehead atoms. The second-order valence-corrected chi connectivity index (χ2v) is 7.46. The highest BCUT2D eigenvalue weighted by Crippen LogP contribution is 2.13.